The fourth-order valence-electron chi connectivity index (χ4n) is 3.36. The number of ether oxygens (including phenoxy) is 1. The van der Waals surface area contributed by atoms with Crippen molar-refractivity contribution in [1.29, 1.82) is 0 Å². The number of aryl methyl sites for hydroxylation is 1. The number of benzene rings is 1. The van der Waals surface area contributed by atoms with Gasteiger partial charge in [-0.3, -0.25) is 0 Å². The van der Waals surface area contributed by atoms with E-state index in [-0.39, 0.29) is 5.92 Å². The van der Waals surface area contributed by atoms with Crippen molar-refractivity contribution in [2.75, 3.05) is 20.2 Å². The van der Waals surface area contributed by atoms with Crippen LogP contribution >= 0.6 is 0 Å². The lowest BCUT2D eigenvalue weighted by Crippen LogP contribution is -2.39. The van der Waals surface area contributed by atoms with Gasteiger partial charge in [0.05, 0.1) is 12.0 Å². The van der Waals surface area contributed by atoms with Crippen molar-refractivity contribution in [2.45, 2.75) is 50.8 Å². The van der Waals surface area contributed by atoms with Crippen LogP contribution in [-0.2, 0) is 16.4 Å². The van der Waals surface area contributed by atoms with Gasteiger partial charge in [0, 0.05) is 25.4 Å². The minimum atomic E-state index is -3.59. The normalized spacial score (nSPS) is 18.8. The number of aromatic nitrogens is 2. The Labute approximate surface area is 154 Å². The molecule has 26 heavy (non-hydrogen) atoms. The first-order valence-electron chi connectivity index (χ1n) is 8.85. The number of rotatable bonds is 5. The third-order valence-electron chi connectivity index (χ3n) is 5.06. The van der Waals surface area contributed by atoms with Gasteiger partial charge in [0.15, 0.2) is 5.82 Å². The quantitative estimate of drug-likeness (QED) is 0.794. The van der Waals surface area contributed by atoms with Crippen LogP contribution in [0.5, 0.6) is 5.75 Å². The molecule has 3 rings (SSSR count). The van der Waals surface area contributed by atoms with Gasteiger partial charge in [0.1, 0.15) is 5.75 Å². The highest BCUT2D eigenvalue weighted by molar-refractivity contribution is 7.89. The average Bonchev–Trinajstić information content (AvgIpc) is 3.13. The minimum Gasteiger partial charge on any atom is -0.496 e. The van der Waals surface area contributed by atoms with Gasteiger partial charge in [-0.2, -0.15) is 9.29 Å². The lowest BCUT2D eigenvalue weighted by molar-refractivity contribution is 0.300. The standard InChI is InChI=1S/C18H25N3O4S/c1-5-17-19-18(20-25-17)14-7-6-10-21(11-14)26(22,23)16-9-8-15(24-4)12(2)13(16)3/h8-9,14H,5-7,10-11H2,1-4H3. The van der Waals surface area contributed by atoms with Crippen LogP contribution in [0, 0.1) is 13.8 Å². The van der Waals surface area contributed by atoms with E-state index in [4.69, 9.17) is 9.26 Å². The van der Waals surface area contributed by atoms with Gasteiger partial charge in [-0.05, 0) is 49.9 Å². The Morgan fingerprint density at radius 1 is 1.31 bits per heavy atom. The van der Waals surface area contributed by atoms with E-state index in [2.05, 4.69) is 10.1 Å². The van der Waals surface area contributed by atoms with Crippen LogP contribution in [0.4, 0.5) is 0 Å². The number of sulfonamides is 1. The van der Waals surface area contributed by atoms with Crippen LogP contribution in [0.3, 0.4) is 0 Å². The van der Waals surface area contributed by atoms with Gasteiger partial charge in [0.2, 0.25) is 15.9 Å². The number of hydrogen-bond donors (Lipinski definition) is 0. The molecule has 1 aliphatic rings. The molecule has 0 saturated carbocycles. The molecule has 1 saturated heterocycles. The molecule has 2 aromatic rings. The Bertz CT molecular complexity index is 892. The molecule has 2 heterocycles. The Morgan fingerprint density at radius 2 is 2.08 bits per heavy atom. The van der Waals surface area contributed by atoms with E-state index < -0.39 is 10.0 Å². The summed E-state index contributed by atoms with van der Waals surface area (Å²) in [6, 6.07) is 3.34. The Morgan fingerprint density at radius 3 is 2.73 bits per heavy atom. The van der Waals surface area contributed by atoms with Crippen molar-refractivity contribution < 1.29 is 17.7 Å². The zero-order valence-electron chi connectivity index (χ0n) is 15.7. The van der Waals surface area contributed by atoms with Crippen LogP contribution in [0.1, 0.15) is 48.5 Å². The highest BCUT2D eigenvalue weighted by Gasteiger charge is 2.34. The van der Waals surface area contributed by atoms with Gasteiger partial charge in [-0.25, -0.2) is 8.42 Å². The summed E-state index contributed by atoms with van der Waals surface area (Å²) in [6.45, 7) is 6.51. The van der Waals surface area contributed by atoms with Crippen LogP contribution in [0.25, 0.3) is 0 Å². The maximum absolute atomic E-state index is 13.2. The molecule has 0 aliphatic carbocycles. The van der Waals surface area contributed by atoms with Crippen molar-refractivity contribution in [3.8, 4) is 5.75 Å². The molecule has 0 radical (unpaired) electrons. The van der Waals surface area contributed by atoms with Gasteiger partial charge < -0.3 is 9.26 Å². The highest BCUT2D eigenvalue weighted by Crippen LogP contribution is 2.32. The Kier molecular flexibility index (Phi) is 5.34. The first-order chi connectivity index (χ1) is 12.4. The topological polar surface area (TPSA) is 85.5 Å². The van der Waals surface area contributed by atoms with Crippen LogP contribution in [0.15, 0.2) is 21.6 Å². The SMILES string of the molecule is CCc1nc(C2CCCN(S(=O)(=O)c3ccc(OC)c(C)c3C)C2)no1. The van der Waals surface area contributed by atoms with E-state index in [1.165, 1.54) is 4.31 Å². The first-order valence-corrected chi connectivity index (χ1v) is 10.3. The van der Waals surface area contributed by atoms with Crippen LogP contribution in [-0.4, -0.2) is 43.1 Å². The van der Waals surface area contributed by atoms with Crippen molar-refractivity contribution in [3.05, 3.63) is 35.0 Å². The monoisotopic (exact) mass is 379 g/mol. The lowest BCUT2D eigenvalue weighted by Gasteiger charge is -2.31. The Balaban J connectivity index is 1.88. The smallest absolute Gasteiger partial charge is 0.243 e. The predicted octanol–water partition coefficient (Wildman–Crippen LogP) is 2.83. The zero-order valence-corrected chi connectivity index (χ0v) is 16.5. The third kappa shape index (κ3) is 3.35. The number of methoxy groups -OCH3 is 1. The van der Waals surface area contributed by atoms with E-state index in [0.717, 1.165) is 24.0 Å². The van der Waals surface area contributed by atoms with Crippen LogP contribution in [0.2, 0.25) is 0 Å². The van der Waals surface area contributed by atoms with E-state index in [0.29, 0.717) is 41.9 Å². The average molecular weight is 379 g/mol. The highest BCUT2D eigenvalue weighted by atomic mass is 32.2. The molecule has 142 valence electrons. The van der Waals surface area contributed by atoms with Crippen molar-refractivity contribution in [3.63, 3.8) is 0 Å². The van der Waals surface area contributed by atoms with Crippen molar-refractivity contribution >= 4 is 10.0 Å². The van der Waals surface area contributed by atoms with Crippen molar-refractivity contribution in [1.82, 2.24) is 14.4 Å². The predicted molar refractivity (Wildman–Crippen MR) is 96.9 cm³/mol. The second-order valence-corrected chi connectivity index (χ2v) is 8.52. The zero-order chi connectivity index (χ0) is 18.9. The lowest BCUT2D eigenvalue weighted by atomic mass is 9.99. The van der Waals surface area contributed by atoms with Gasteiger partial charge in [0.25, 0.3) is 0 Å². The molecule has 0 spiro atoms. The molecular formula is C18H25N3O4S. The summed E-state index contributed by atoms with van der Waals surface area (Å²) in [5, 5.41) is 4.03. The summed E-state index contributed by atoms with van der Waals surface area (Å²) in [5.41, 5.74) is 1.56. The summed E-state index contributed by atoms with van der Waals surface area (Å²) in [7, 11) is -2.00. The molecule has 1 fully saturated rings. The van der Waals surface area contributed by atoms with Crippen LogP contribution < -0.4 is 4.74 Å². The molecule has 0 N–H and O–H groups in total. The number of hydrogen-bond acceptors (Lipinski definition) is 6. The van der Waals surface area contributed by atoms with E-state index in [1.807, 2.05) is 20.8 Å². The molecule has 8 heteroatoms. The van der Waals surface area contributed by atoms with E-state index in [1.54, 1.807) is 19.2 Å². The van der Waals surface area contributed by atoms with E-state index in [9.17, 15) is 8.42 Å². The molecule has 0 amide bonds. The molecule has 0 bridgehead atoms. The van der Waals surface area contributed by atoms with Gasteiger partial charge >= 0.3 is 0 Å². The summed E-state index contributed by atoms with van der Waals surface area (Å²) < 4.78 is 38.5. The minimum absolute atomic E-state index is 0.0396. The summed E-state index contributed by atoms with van der Waals surface area (Å²) >= 11 is 0. The molecule has 1 unspecified atom stereocenters. The summed E-state index contributed by atoms with van der Waals surface area (Å²) in [6.07, 6.45) is 2.30. The van der Waals surface area contributed by atoms with Gasteiger partial charge in [-0.1, -0.05) is 12.1 Å². The summed E-state index contributed by atoms with van der Waals surface area (Å²) in [5.74, 6) is 1.84. The Hall–Kier alpha value is -1.93. The maximum atomic E-state index is 13.2. The first kappa shape index (κ1) is 18.8. The van der Waals surface area contributed by atoms with Gasteiger partial charge in [-0.15, -0.1) is 0 Å². The molecule has 1 atom stereocenters. The molecule has 1 aromatic heterocycles. The van der Waals surface area contributed by atoms with Crippen molar-refractivity contribution in [2.24, 2.45) is 0 Å². The molecular weight excluding hydrogens is 354 g/mol. The molecule has 7 nitrogen and oxygen atoms in total. The second-order valence-electron chi connectivity index (χ2n) is 6.62. The fourth-order valence-corrected chi connectivity index (χ4v) is 5.16. The maximum Gasteiger partial charge on any atom is 0.243 e. The number of nitrogens with zero attached hydrogens (tertiary/aromatic N) is 3. The second kappa shape index (κ2) is 7.36. The number of piperidine rings is 1. The third-order valence-corrected chi connectivity index (χ3v) is 7.07. The summed E-state index contributed by atoms with van der Waals surface area (Å²) in [4.78, 5) is 4.71. The molecule has 1 aromatic carbocycles. The molecule has 1 aliphatic heterocycles. The fraction of sp³-hybridized carbons (Fsp3) is 0.556. The van der Waals surface area contributed by atoms with E-state index >= 15 is 0 Å². The largest absolute Gasteiger partial charge is 0.496 e.